The first kappa shape index (κ1) is 15.3. The van der Waals surface area contributed by atoms with Crippen LogP contribution < -0.4 is 16.4 Å². The third-order valence-electron chi connectivity index (χ3n) is 4.86. The van der Waals surface area contributed by atoms with Crippen LogP contribution in [0.2, 0.25) is 0 Å². The number of hydrogen-bond donors (Lipinski definition) is 3. The maximum absolute atomic E-state index is 6.00. The molecule has 120 valence electrons. The molecule has 4 heteroatoms. The second-order valence-electron chi connectivity index (χ2n) is 6.88. The Kier molecular flexibility index (Phi) is 4.67. The quantitative estimate of drug-likeness (QED) is 0.559. The molecule has 1 unspecified atom stereocenters. The van der Waals surface area contributed by atoms with Crippen LogP contribution in [0, 0.1) is 0 Å². The first-order chi connectivity index (χ1) is 10.7. The molecule has 0 spiro atoms. The van der Waals surface area contributed by atoms with Crippen LogP contribution in [0.4, 0.5) is 0 Å². The maximum atomic E-state index is 6.00. The second-order valence-corrected chi connectivity index (χ2v) is 6.88. The molecule has 0 radical (unpaired) electrons. The number of benzene rings is 1. The third-order valence-corrected chi connectivity index (χ3v) is 4.86. The molecule has 0 aliphatic heterocycles. The van der Waals surface area contributed by atoms with Gasteiger partial charge in [-0.3, -0.25) is 4.99 Å². The number of guanidine groups is 1. The molecule has 4 nitrogen and oxygen atoms in total. The van der Waals surface area contributed by atoms with E-state index in [0.29, 0.717) is 18.0 Å². The number of hydrogen-bond acceptors (Lipinski definition) is 2. The minimum atomic E-state index is 0.102. The summed E-state index contributed by atoms with van der Waals surface area (Å²) in [5.41, 5.74) is 7.44. The van der Waals surface area contributed by atoms with Gasteiger partial charge in [0.25, 0.3) is 0 Å². The SMILES string of the molecule is CC(NC1(CN=C(N)NC2CC2)CCCC1)c1ccccc1. The van der Waals surface area contributed by atoms with E-state index in [0.717, 1.165) is 6.54 Å². The Labute approximate surface area is 133 Å². The largest absolute Gasteiger partial charge is 0.370 e. The van der Waals surface area contributed by atoms with Crippen LogP contribution in [-0.2, 0) is 0 Å². The molecular formula is C18H28N4. The van der Waals surface area contributed by atoms with Crippen LogP contribution >= 0.6 is 0 Å². The van der Waals surface area contributed by atoms with Gasteiger partial charge in [-0.1, -0.05) is 43.2 Å². The van der Waals surface area contributed by atoms with Gasteiger partial charge in [0, 0.05) is 17.6 Å². The first-order valence-corrected chi connectivity index (χ1v) is 8.56. The van der Waals surface area contributed by atoms with E-state index in [1.807, 2.05) is 0 Å². The van der Waals surface area contributed by atoms with Crippen molar-refractivity contribution in [3.8, 4) is 0 Å². The first-order valence-electron chi connectivity index (χ1n) is 8.56. The summed E-state index contributed by atoms with van der Waals surface area (Å²) >= 11 is 0. The van der Waals surface area contributed by atoms with Gasteiger partial charge in [0.05, 0.1) is 6.54 Å². The summed E-state index contributed by atoms with van der Waals surface area (Å²) in [6.07, 6.45) is 7.38. The Morgan fingerprint density at radius 2 is 1.95 bits per heavy atom. The molecule has 0 bridgehead atoms. The molecule has 1 atom stereocenters. The lowest BCUT2D eigenvalue weighted by Crippen LogP contribution is -2.47. The molecular weight excluding hydrogens is 272 g/mol. The van der Waals surface area contributed by atoms with E-state index in [4.69, 9.17) is 5.73 Å². The molecule has 0 amide bonds. The third kappa shape index (κ3) is 4.01. The molecule has 0 heterocycles. The normalized spacial score (nSPS) is 22.5. The molecule has 0 aromatic heterocycles. The highest BCUT2D eigenvalue weighted by molar-refractivity contribution is 5.78. The lowest BCUT2D eigenvalue weighted by molar-refractivity contribution is 0.307. The van der Waals surface area contributed by atoms with Gasteiger partial charge < -0.3 is 16.4 Å². The molecule has 2 aliphatic rings. The number of aliphatic imine (C=N–C) groups is 1. The van der Waals surface area contributed by atoms with Crippen LogP contribution in [0.25, 0.3) is 0 Å². The van der Waals surface area contributed by atoms with E-state index >= 15 is 0 Å². The smallest absolute Gasteiger partial charge is 0.188 e. The zero-order chi connectivity index (χ0) is 15.4. The Hall–Kier alpha value is -1.55. The highest BCUT2D eigenvalue weighted by Gasteiger charge is 2.35. The van der Waals surface area contributed by atoms with Crippen molar-refractivity contribution in [2.45, 2.75) is 63.1 Å². The minimum absolute atomic E-state index is 0.102. The summed E-state index contributed by atoms with van der Waals surface area (Å²) in [5.74, 6) is 0.614. The Balaban J connectivity index is 1.63. The predicted octanol–water partition coefficient (Wildman–Crippen LogP) is 2.72. The minimum Gasteiger partial charge on any atom is -0.370 e. The van der Waals surface area contributed by atoms with Gasteiger partial charge in [-0.15, -0.1) is 0 Å². The zero-order valence-corrected chi connectivity index (χ0v) is 13.5. The molecule has 2 fully saturated rings. The number of nitrogens with zero attached hydrogens (tertiary/aromatic N) is 1. The van der Waals surface area contributed by atoms with Crippen molar-refractivity contribution in [3.63, 3.8) is 0 Å². The van der Waals surface area contributed by atoms with Crippen molar-refractivity contribution < 1.29 is 0 Å². The van der Waals surface area contributed by atoms with E-state index < -0.39 is 0 Å². The van der Waals surface area contributed by atoms with Gasteiger partial charge in [-0.05, 0) is 38.2 Å². The molecule has 3 rings (SSSR count). The Morgan fingerprint density at radius 1 is 1.27 bits per heavy atom. The van der Waals surface area contributed by atoms with Crippen molar-refractivity contribution in [2.24, 2.45) is 10.7 Å². The average Bonchev–Trinajstić information content (AvgIpc) is 3.23. The number of rotatable bonds is 6. The second kappa shape index (κ2) is 6.69. The molecule has 0 saturated heterocycles. The van der Waals surface area contributed by atoms with Gasteiger partial charge in [0.15, 0.2) is 5.96 Å². The lowest BCUT2D eigenvalue weighted by atomic mass is 9.95. The Morgan fingerprint density at radius 3 is 2.59 bits per heavy atom. The van der Waals surface area contributed by atoms with E-state index in [2.05, 4.69) is 52.9 Å². The summed E-state index contributed by atoms with van der Waals surface area (Å²) in [7, 11) is 0. The fourth-order valence-corrected chi connectivity index (χ4v) is 3.40. The van der Waals surface area contributed by atoms with Crippen molar-refractivity contribution >= 4 is 5.96 Å². The van der Waals surface area contributed by atoms with Crippen LogP contribution in [-0.4, -0.2) is 24.1 Å². The van der Waals surface area contributed by atoms with Crippen molar-refractivity contribution in [2.75, 3.05) is 6.54 Å². The maximum Gasteiger partial charge on any atom is 0.188 e. The monoisotopic (exact) mass is 300 g/mol. The standard InChI is InChI=1S/C18H28N4/c1-14(15-7-3-2-4-8-15)22-18(11-5-6-12-18)13-20-17(19)21-16-9-10-16/h2-4,7-8,14,16,22H,5-6,9-13H2,1H3,(H3,19,20,21). The lowest BCUT2D eigenvalue weighted by Gasteiger charge is -2.33. The van der Waals surface area contributed by atoms with Gasteiger partial charge in [-0.2, -0.15) is 0 Å². The highest BCUT2D eigenvalue weighted by atomic mass is 15.1. The van der Waals surface area contributed by atoms with Gasteiger partial charge >= 0.3 is 0 Å². The summed E-state index contributed by atoms with van der Waals surface area (Å²) in [6, 6.07) is 11.6. The van der Waals surface area contributed by atoms with Crippen molar-refractivity contribution in [3.05, 3.63) is 35.9 Å². The predicted molar refractivity (Wildman–Crippen MR) is 91.8 cm³/mol. The number of nitrogens with two attached hydrogens (primary N) is 1. The topological polar surface area (TPSA) is 62.4 Å². The fourth-order valence-electron chi connectivity index (χ4n) is 3.40. The summed E-state index contributed by atoms with van der Waals surface area (Å²) in [4.78, 5) is 4.63. The van der Waals surface area contributed by atoms with Gasteiger partial charge in [0.2, 0.25) is 0 Å². The van der Waals surface area contributed by atoms with E-state index in [1.165, 1.54) is 44.1 Å². The molecule has 22 heavy (non-hydrogen) atoms. The molecule has 2 aliphatic carbocycles. The van der Waals surface area contributed by atoms with Crippen LogP contribution in [0.3, 0.4) is 0 Å². The molecule has 1 aromatic rings. The molecule has 1 aromatic carbocycles. The summed E-state index contributed by atoms with van der Waals surface area (Å²) in [6.45, 7) is 3.01. The highest BCUT2D eigenvalue weighted by Crippen LogP contribution is 2.32. The van der Waals surface area contributed by atoms with E-state index in [9.17, 15) is 0 Å². The Bertz CT molecular complexity index is 501. The van der Waals surface area contributed by atoms with Crippen LogP contribution in [0.1, 0.15) is 57.1 Å². The molecule has 2 saturated carbocycles. The van der Waals surface area contributed by atoms with Crippen molar-refractivity contribution in [1.82, 2.24) is 10.6 Å². The van der Waals surface area contributed by atoms with Crippen molar-refractivity contribution in [1.29, 1.82) is 0 Å². The van der Waals surface area contributed by atoms with Gasteiger partial charge in [-0.25, -0.2) is 0 Å². The van der Waals surface area contributed by atoms with Gasteiger partial charge in [0.1, 0.15) is 0 Å². The van der Waals surface area contributed by atoms with E-state index in [1.54, 1.807) is 0 Å². The summed E-state index contributed by atoms with van der Waals surface area (Å²) in [5, 5.41) is 7.12. The molecule has 4 N–H and O–H groups in total. The average molecular weight is 300 g/mol. The number of nitrogens with one attached hydrogen (secondary N) is 2. The van der Waals surface area contributed by atoms with Crippen LogP contribution in [0.15, 0.2) is 35.3 Å². The van der Waals surface area contributed by atoms with E-state index in [-0.39, 0.29) is 5.54 Å². The van der Waals surface area contributed by atoms with Crippen LogP contribution in [0.5, 0.6) is 0 Å². The fraction of sp³-hybridized carbons (Fsp3) is 0.611. The summed E-state index contributed by atoms with van der Waals surface area (Å²) < 4.78 is 0. The zero-order valence-electron chi connectivity index (χ0n) is 13.5.